The van der Waals surface area contributed by atoms with E-state index in [0.29, 0.717) is 6.42 Å². The maximum absolute atomic E-state index is 12.8. The maximum Gasteiger partial charge on any atom is 0.417 e. The Kier molecular flexibility index (Phi) is 4.37. The summed E-state index contributed by atoms with van der Waals surface area (Å²) in [7, 11) is 2.25. The van der Waals surface area contributed by atoms with Crippen molar-refractivity contribution in [2.75, 3.05) is 14.2 Å². The number of ether oxygens (including phenoxy) is 2. The van der Waals surface area contributed by atoms with Crippen molar-refractivity contribution < 1.29 is 27.4 Å². The van der Waals surface area contributed by atoms with Gasteiger partial charge in [-0.05, 0) is 12.8 Å². The Morgan fingerprint density at radius 3 is 2.44 bits per heavy atom. The SMILES string of the molecule is CCC1CC(C(F)(F)F)=C(OC)N=C1C(=O)OC. The Balaban J connectivity index is 3.24. The second-order valence-corrected chi connectivity index (χ2v) is 3.78. The van der Waals surface area contributed by atoms with Crippen LogP contribution in [0.4, 0.5) is 13.2 Å². The summed E-state index contributed by atoms with van der Waals surface area (Å²) in [6.45, 7) is 1.69. The van der Waals surface area contributed by atoms with Gasteiger partial charge < -0.3 is 9.47 Å². The third kappa shape index (κ3) is 2.83. The van der Waals surface area contributed by atoms with Gasteiger partial charge in [0.15, 0.2) is 0 Å². The maximum atomic E-state index is 12.8. The van der Waals surface area contributed by atoms with Gasteiger partial charge in [0.25, 0.3) is 0 Å². The Bertz CT molecular complexity index is 399. The summed E-state index contributed by atoms with van der Waals surface area (Å²) in [5.74, 6) is -1.89. The molecule has 4 nitrogen and oxygen atoms in total. The van der Waals surface area contributed by atoms with Crippen LogP contribution in [0.25, 0.3) is 0 Å². The summed E-state index contributed by atoms with van der Waals surface area (Å²) in [5, 5.41) is 0. The van der Waals surface area contributed by atoms with Crippen LogP contribution in [0, 0.1) is 5.92 Å². The minimum Gasteiger partial charge on any atom is -0.481 e. The molecule has 0 aromatic rings. The van der Waals surface area contributed by atoms with Gasteiger partial charge in [-0.1, -0.05) is 6.92 Å². The van der Waals surface area contributed by atoms with E-state index in [2.05, 4.69) is 14.5 Å². The first-order valence-corrected chi connectivity index (χ1v) is 5.36. The van der Waals surface area contributed by atoms with Gasteiger partial charge >= 0.3 is 12.1 Å². The molecule has 0 N–H and O–H groups in total. The number of allylic oxidation sites excluding steroid dienone is 1. The number of aliphatic imine (C=N–C) groups is 1. The van der Waals surface area contributed by atoms with E-state index < -0.39 is 29.5 Å². The molecule has 7 heteroatoms. The molecule has 18 heavy (non-hydrogen) atoms. The summed E-state index contributed by atoms with van der Waals surface area (Å²) in [4.78, 5) is 15.1. The molecule has 1 heterocycles. The number of hydrogen-bond acceptors (Lipinski definition) is 4. The molecule has 0 aromatic heterocycles. The van der Waals surface area contributed by atoms with Crippen molar-refractivity contribution in [2.24, 2.45) is 10.9 Å². The highest BCUT2D eigenvalue weighted by Gasteiger charge is 2.42. The number of rotatable bonds is 3. The molecule has 0 saturated heterocycles. The van der Waals surface area contributed by atoms with Gasteiger partial charge in [-0.15, -0.1) is 0 Å². The van der Waals surface area contributed by atoms with E-state index in [1.54, 1.807) is 6.92 Å². The number of halogens is 3. The first-order valence-electron chi connectivity index (χ1n) is 5.36. The second kappa shape index (κ2) is 5.41. The van der Waals surface area contributed by atoms with Gasteiger partial charge in [0.2, 0.25) is 5.88 Å². The normalized spacial score (nSPS) is 20.6. The summed E-state index contributed by atoms with van der Waals surface area (Å²) in [5.41, 5.74) is -0.866. The van der Waals surface area contributed by atoms with Gasteiger partial charge in [0, 0.05) is 5.92 Å². The molecule has 0 amide bonds. The molecule has 0 bridgehead atoms. The minimum absolute atomic E-state index is 0.0233. The van der Waals surface area contributed by atoms with Crippen molar-refractivity contribution in [3.8, 4) is 0 Å². The fourth-order valence-electron chi connectivity index (χ4n) is 1.76. The quantitative estimate of drug-likeness (QED) is 0.736. The van der Waals surface area contributed by atoms with E-state index in [4.69, 9.17) is 0 Å². The van der Waals surface area contributed by atoms with Crippen LogP contribution < -0.4 is 0 Å². The first kappa shape index (κ1) is 14.5. The summed E-state index contributed by atoms with van der Waals surface area (Å²) < 4.78 is 47.4. The smallest absolute Gasteiger partial charge is 0.417 e. The lowest BCUT2D eigenvalue weighted by Gasteiger charge is -2.25. The van der Waals surface area contributed by atoms with Crippen molar-refractivity contribution >= 4 is 11.7 Å². The second-order valence-electron chi connectivity index (χ2n) is 3.78. The number of alkyl halides is 3. The van der Waals surface area contributed by atoms with Crippen LogP contribution in [0.15, 0.2) is 16.4 Å². The molecule has 1 atom stereocenters. The predicted molar refractivity (Wildman–Crippen MR) is 57.9 cm³/mol. The van der Waals surface area contributed by atoms with Gasteiger partial charge in [-0.25, -0.2) is 9.79 Å². The van der Waals surface area contributed by atoms with Crippen LogP contribution in [0.1, 0.15) is 19.8 Å². The molecule has 1 unspecified atom stereocenters. The van der Waals surface area contributed by atoms with Crippen LogP contribution in [-0.2, 0) is 14.3 Å². The average Bonchev–Trinajstić information content (AvgIpc) is 2.34. The summed E-state index contributed by atoms with van der Waals surface area (Å²) in [6, 6.07) is 0. The molecule has 0 spiro atoms. The fourth-order valence-corrected chi connectivity index (χ4v) is 1.76. The van der Waals surface area contributed by atoms with Crippen LogP contribution >= 0.6 is 0 Å². The van der Waals surface area contributed by atoms with Gasteiger partial charge in [-0.2, -0.15) is 13.2 Å². The van der Waals surface area contributed by atoms with Gasteiger partial charge in [-0.3, -0.25) is 0 Å². The van der Waals surface area contributed by atoms with E-state index in [9.17, 15) is 18.0 Å². The van der Waals surface area contributed by atoms with Crippen LogP contribution in [0.3, 0.4) is 0 Å². The molecule has 1 aliphatic heterocycles. The molecule has 1 aliphatic rings. The molecular weight excluding hydrogens is 251 g/mol. The van der Waals surface area contributed by atoms with E-state index in [-0.39, 0.29) is 12.1 Å². The molecule has 0 saturated carbocycles. The van der Waals surface area contributed by atoms with Crippen molar-refractivity contribution in [1.82, 2.24) is 0 Å². The average molecular weight is 265 g/mol. The molecule has 0 radical (unpaired) electrons. The molecule has 102 valence electrons. The topological polar surface area (TPSA) is 47.9 Å². The Hall–Kier alpha value is -1.53. The largest absolute Gasteiger partial charge is 0.481 e. The molecule has 0 fully saturated rings. The number of carbonyl (C=O) groups is 1. The molecule has 0 aromatic carbocycles. The summed E-state index contributed by atoms with van der Waals surface area (Å²) in [6.07, 6.45) is -4.47. The first-order chi connectivity index (χ1) is 8.35. The predicted octanol–water partition coefficient (Wildman–Crippen LogP) is 2.45. The van der Waals surface area contributed by atoms with Crippen molar-refractivity contribution in [3.63, 3.8) is 0 Å². The van der Waals surface area contributed by atoms with Crippen LogP contribution in [0.2, 0.25) is 0 Å². The third-order valence-electron chi connectivity index (χ3n) is 2.74. The van der Waals surface area contributed by atoms with Gasteiger partial charge in [0.05, 0.1) is 19.8 Å². The lowest BCUT2D eigenvalue weighted by molar-refractivity contribution is -0.133. The monoisotopic (exact) mass is 265 g/mol. The highest BCUT2D eigenvalue weighted by Crippen LogP contribution is 2.38. The van der Waals surface area contributed by atoms with E-state index in [1.165, 1.54) is 0 Å². The Morgan fingerprint density at radius 2 is 2.06 bits per heavy atom. The third-order valence-corrected chi connectivity index (χ3v) is 2.74. The zero-order valence-electron chi connectivity index (χ0n) is 10.3. The lowest BCUT2D eigenvalue weighted by atomic mass is 9.89. The summed E-state index contributed by atoms with van der Waals surface area (Å²) >= 11 is 0. The van der Waals surface area contributed by atoms with E-state index in [1.807, 2.05) is 0 Å². The zero-order valence-corrected chi connectivity index (χ0v) is 10.3. The fraction of sp³-hybridized carbons (Fsp3) is 0.636. The number of hydrogen-bond donors (Lipinski definition) is 0. The minimum atomic E-state index is -4.51. The number of esters is 1. The van der Waals surface area contributed by atoms with E-state index in [0.717, 1.165) is 14.2 Å². The van der Waals surface area contributed by atoms with Crippen LogP contribution in [-0.4, -0.2) is 32.1 Å². The zero-order chi connectivity index (χ0) is 13.9. The number of nitrogens with zero attached hydrogens (tertiary/aromatic N) is 1. The lowest BCUT2D eigenvalue weighted by Crippen LogP contribution is -2.31. The molecule has 0 aliphatic carbocycles. The van der Waals surface area contributed by atoms with Crippen molar-refractivity contribution in [2.45, 2.75) is 25.9 Å². The van der Waals surface area contributed by atoms with Crippen LogP contribution in [0.5, 0.6) is 0 Å². The number of carbonyl (C=O) groups excluding carboxylic acids is 1. The van der Waals surface area contributed by atoms with Crippen molar-refractivity contribution in [3.05, 3.63) is 11.5 Å². The molecular formula is C11H14F3NO3. The van der Waals surface area contributed by atoms with Crippen molar-refractivity contribution in [1.29, 1.82) is 0 Å². The van der Waals surface area contributed by atoms with E-state index >= 15 is 0 Å². The Morgan fingerprint density at radius 1 is 1.44 bits per heavy atom. The number of methoxy groups -OCH3 is 2. The molecule has 1 rings (SSSR count). The Labute approximate surface area is 102 Å². The standard InChI is InChI=1S/C11H14F3NO3/c1-4-6-5-7(11(12,13)14)9(17-2)15-8(6)10(16)18-3/h6H,4-5H2,1-3H3. The van der Waals surface area contributed by atoms with Gasteiger partial charge in [0.1, 0.15) is 5.71 Å². The highest BCUT2D eigenvalue weighted by molar-refractivity contribution is 6.37. The highest BCUT2D eigenvalue weighted by atomic mass is 19.4.